The second-order valence-corrected chi connectivity index (χ2v) is 9.69. The zero-order valence-corrected chi connectivity index (χ0v) is 17.1. The van der Waals surface area contributed by atoms with Crippen molar-refractivity contribution in [3.05, 3.63) is 41.3 Å². The Morgan fingerprint density at radius 3 is 2.31 bits per heavy atom. The van der Waals surface area contributed by atoms with Gasteiger partial charge in [0.15, 0.2) is 0 Å². The van der Waals surface area contributed by atoms with Gasteiger partial charge in [0.2, 0.25) is 10.0 Å². The molecule has 1 N–H and O–H groups in total. The van der Waals surface area contributed by atoms with Gasteiger partial charge in [0, 0.05) is 31.6 Å². The van der Waals surface area contributed by atoms with Crippen LogP contribution >= 0.6 is 0 Å². The Hall–Kier alpha value is -2.23. The van der Waals surface area contributed by atoms with Crippen LogP contribution in [0.2, 0.25) is 0 Å². The van der Waals surface area contributed by atoms with E-state index in [4.69, 9.17) is 0 Å². The second kappa shape index (κ2) is 7.89. The normalized spacial score (nSPS) is 23.4. The molecule has 2 heterocycles. The largest absolute Gasteiger partial charge is 0.326 e. The first-order chi connectivity index (χ1) is 13.9. The Labute approximate surface area is 171 Å². The van der Waals surface area contributed by atoms with Gasteiger partial charge in [0.1, 0.15) is 5.54 Å². The summed E-state index contributed by atoms with van der Waals surface area (Å²) in [6.45, 7) is 1.82. The summed E-state index contributed by atoms with van der Waals surface area (Å²) in [7, 11) is -3.51. The van der Waals surface area contributed by atoms with E-state index in [0.29, 0.717) is 39.0 Å². The van der Waals surface area contributed by atoms with E-state index in [2.05, 4.69) is 5.32 Å². The Morgan fingerprint density at radius 1 is 1.00 bits per heavy atom. The molecule has 29 heavy (non-hydrogen) atoms. The van der Waals surface area contributed by atoms with Crippen LogP contribution in [0, 0.1) is 0 Å². The lowest BCUT2D eigenvalue weighted by Crippen LogP contribution is -2.52. The predicted molar refractivity (Wildman–Crippen MR) is 109 cm³/mol. The number of benzene rings is 1. The van der Waals surface area contributed by atoms with Crippen molar-refractivity contribution in [1.82, 2.24) is 19.4 Å². The number of urea groups is 1. The lowest BCUT2D eigenvalue weighted by atomic mass is 9.98. The molecule has 1 aromatic carbocycles. The summed E-state index contributed by atoms with van der Waals surface area (Å²) in [4.78, 5) is 28.3. The van der Waals surface area contributed by atoms with E-state index in [-0.39, 0.29) is 18.6 Å². The van der Waals surface area contributed by atoms with Crippen LogP contribution in [0.25, 0.3) is 6.08 Å². The Balaban J connectivity index is 1.33. The summed E-state index contributed by atoms with van der Waals surface area (Å²) in [6, 6.07) is 8.95. The van der Waals surface area contributed by atoms with Gasteiger partial charge in [-0.15, -0.1) is 0 Å². The minimum atomic E-state index is -3.51. The van der Waals surface area contributed by atoms with Crippen molar-refractivity contribution in [3.8, 4) is 0 Å². The topological polar surface area (TPSA) is 90.0 Å². The van der Waals surface area contributed by atoms with Crippen molar-refractivity contribution in [2.75, 3.05) is 32.8 Å². The van der Waals surface area contributed by atoms with Crippen LogP contribution in [0.5, 0.6) is 0 Å². The van der Waals surface area contributed by atoms with Gasteiger partial charge in [-0.25, -0.2) is 18.1 Å². The molecule has 0 aromatic heterocycles. The van der Waals surface area contributed by atoms with E-state index >= 15 is 0 Å². The van der Waals surface area contributed by atoms with Gasteiger partial charge < -0.3 is 5.32 Å². The number of nitrogens with zero attached hydrogens (tertiary/aromatic N) is 3. The third-order valence-corrected chi connectivity index (χ3v) is 7.53. The highest BCUT2D eigenvalue weighted by Gasteiger charge is 2.52. The molecule has 8 nitrogen and oxygen atoms in total. The fourth-order valence-corrected chi connectivity index (χ4v) is 5.44. The van der Waals surface area contributed by atoms with E-state index in [0.717, 1.165) is 18.4 Å². The number of amides is 3. The van der Waals surface area contributed by atoms with Crippen LogP contribution in [-0.4, -0.2) is 72.8 Å². The molecule has 2 saturated heterocycles. The summed E-state index contributed by atoms with van der Waals surface area (Å²) in [5, 5.41) is 4.11. The lowest BCUT2D eigenvalue weighted by Gasteiger charge is -2.34. The van der Waals surface area contributed by atoms with Gasteiger partial charge in [0.25, 0.3) is 5.91 Å². The zero-order valence-electron chi connectivity index (χ0n) is 16.3. The lowest BCUT2D eigenvalue weighted by molar-refractivity contribution is -0.132. The molecular weight excluding hydrogens is 392 g/mol. The summed E-state index contributed by atoms with van der Waals surface area (Å²) >= 11 is 0. The maximum absolute atomic E-state index is 12.8. The zero-order chi connectivity index (χ0) is 20.5. The average Bonchev–Trinajstić information content (AvgIpc) is 3.28. The van der Waals surface area contributed by atoms with E-state index in [1.807, 2.05) is 35.2 Å². The number of imide groups is 1. The van der Waals surface area contributed by atoms with Crippen LogP contribution in [0.15, 0.2) is 35.7 Å². The molecule has 0 bridgehead atoms. The molecule has 156 valence electrons. The first kappa shape index (κ1) is 20.1. The number of carbonyl (C=O) groups is 2. The standard InChI is InChI=1S/C20H26N4O4S/c25-18-20(9-4-5-10-20)21-19(26)24(18)16-22-11-13-23(14-12-22)29(27,28)15-8-17-6-2-1-3-7-17/h1-3,6-8,15H,4-5,9-14,16H2,(H,21,26). The number of hydrogen-bond donors (Lipinski definition) is 1. The van der Waals surface area contributed by atoms with Gasteiger partial charge in [-0.05, 0) is 24.5 Å². The molecule has 1 aromatic rings. The number of piperazine rings is 1. The number of nitrogens with one attached hydrogen (secondary N) is 1. The molecule has 4 rings (SSSR count). The number of hydrogen-bond acceptors (Lipinski definition) is 5. The van der Waals surface area contributed by atoms with Crippen LogP contribution in [-0.2, 0) is 14.8 Å². The maximum Gasteiger partial charge on any atom is 0.326 e. The SMILES string of the molecule is O=C1NC2(CCCC2)C(=O)N1CN1CCN(S(=O)(=O)C=Cc2ccccc2)CC1. The van der Waals surface area contributed by atoms with Crippen molar-refractivity contribution in [2.45, 2.75) is 31.2 Å². The second-order valence-electron chi connectivity index (χ2n) is 7.87. The molecule has 3 aliphatic rings. The average molecular weight is 419 g/mol. The summed E-state index contributed by atoms with van der Waals surface area (Å²) in [5.41, 5.74) is 0.124. The Bertz CT molecular complexity index is 902. The van der Waals surface area contributed by atoms with Crippen molar-refractivity contribution in [1.29, 1.82) is 0 Å². The third kappa shape index (κ3) is 4.08. The van der Waals surface area contributed by atoms with Crippen molar-refractivity contribution >= 4 is 28.0 Å². The monoisotopic (exact) mass is 418 g/mol. The fourth-order valence-electron chi connectivity index (χ4n) is 4.26. The van der Waals surface area contributed by atoms with Crippen LogP contribution in [0.1, 0.15) is 31.2 Å². The highest BCUT2D eigenvalue weighted by Crippen LogP contribution is 2.35. The number of rotatable bonds is 5. The molecule has 0 radical (unpaired) electrons. The summed E-state index contributed by atoms with van der Waals surface area (Å²) in [5.74, 6) is -0.138. The van der Waals surface area contributed by atoms with Gasteiger partial charge in [-0.3, -0.25) is 9.69 Å². The van der Waals surface area contributed by atoms with Crippen molar-refractivity contribution in [2.24, 2.45) is 0 Å². The Kier molecular flexibility index (Phi) is 5.46. The molecule has 9 heteroatoms. The minimum absolute atomic E-state index is 0.138. The van der Waals surface area contributed by atoms with E-state index < -0.39 is 15.6 Å². The molecule has 3 fully saturated rings. The predicted octanol–water partition coefficient (Wildman–Crippen LogP) is 1.43. The molecule has 0 atom stereocenters. The molecular formula is C20H26N4O4S. The smallest absolute Gasteiger partial charge is 0.323 e. The third-order valence-electron chi connectivity index (χ3n) is 5.97. The molecule has 1 saturated carbocycles. The maximum atomic E-state index is 12.8. The van der Waals surface area contributed by atoms with Crippen LogP contribution < -0.4 is 5.32 Å². The van der Waals surface area contributed by atoms with Crippen LogP contribution in [0.4, 0.5) is 4.79 Å². The number of carbonyl (C=O) groups excluding carboxylic acids is 2. The van der Waals surface area contributed by atoms with Crippen molar-refractivity contribution in [3.63, 3.8) is 0 Å². The first-order valence-electron chi connectivity index (χ1n) is 9.99. The molecule has 3 amide bonds. The first-order valence-corrected chi connectivity index (χ1v) is 11.5. The molecule has 1 spiro atoms. The van der Waals surface area contributed by atoms with Crippen molar-refractivity contribution < 1.29 is 18.0 Å². The minimum Gasteiger partial charge on any atom is -0.323 e. The van der Waals surface area contributed by atoms with E-state index in [9.17, 15) is 18.0 Å². The van der Waals surface area contributed by atoms with Gasteiger partial charge in [-0.1, -0.05) is 43.2 Å². The molecule has 2 aliphatic heterocycles. The molecule has 0 unspecified atom stereocenters. The van der Waals surface area contributed by atoms with Gasteiger partial charge in [0.05, 0.1) is 6.67 Å². The summed E-state index contributed by atoms with van der Waals surface area (Å²) < 4.78 is 26.6. The fraction of sp³-hybridized carbons (Fsp3) is 0.500. The van der Waals surface area contributed by atoms with Gasteiger partial charge in [-0.2, -0.15) is 4.31 Å². The molecule has 1 aliphatic carbocycles. The van der Waals surface area contributed by atoms with E-state index in [1.165, 1.54) is 14.6 Å². The summed E-state index contributed by atoms with van der Waals surface area (Å²) in [6.07, 6.45) is 4.90. The highest BCUT2D eigenvalue weighted by atomic mass is 32.2. The highest BCUT2D eigenvalue weighted by molar-refractivity contribution is 7.92. The number of sulfonamides is 1. The Morgan fingerprint density at radius 2 is 1.66 bits per heavy atom. The quantitative estimate of drug-likeness (QED) is 0.731. The van der Waals surface area contributed by atoms with Gasteiger partial charge >= 0.3 is 6.03 Å². The van der Waals surface area contributed by atoms with Crippen LogP contribution in [0.3, 0.4) is 0 Å². The van der Waals surface area contributed by atoms with E-state index in [1.54, 1.807) is 6.08 Å².